The zero-order valence-corrected chi connectivity index (χ0v) is 18.5. The van der Waals surface area contributed by atoms with Crippen molar-refractivity contribution in [2.24, 2.45) is 5.41 Å². The van der Waals surface area contributed by atoms with Gasteiger partial charge in [0.1, 0.15) is 17.8 Å². The number of hydrogen-bond donors (Lipinski definition) is 2. The van der Waals surface area contributed by atoms with Gasteiger partial charge in [0.15, 0.2) is 0 Å². The van der Waals surface area contributed by atoms with Gasteiger partial charge in [0.2, 0.25) is 0 Å². The summed E-state index contributed by atoms with van der Waals surface area (Å²) < 4.78 is 0. The van der Waals surface area contributed by atoms with E-state index in [1.807, 2.05) is 59.6 Å². The first-order valence-corrected chi connectivity index (χ1v) is 11.4. The maximum Gasteiger partial charge on any atom is 0.321 e. The third-order valence-electron chi connectivity index (χ3n) is 7.17. The molecule has 1 aliphatic carbocycles. The Morgan fingerprint density at radius 1 is 1.09 bits per heavy atom. The van der Waals surface area contributed by atoms with E-state index in [1.54, 1.807) is 6.33 Å². The van der Waals surface area contributed by atoms with Crippen LogP contribution in [0.3, 0.4) is 0 Å². The first kappa shape index (κ1) is 19.8. The Kier molecular flexibility index (Phi) is 4.57. The van der Waals surface area contributed by atoms with E-state index >= 15 is 0 Å². The standard InChI is InChI=1S/C26H26N6O/c1-31(24-20-11-14-27-23(20)28-17-29-24)22-15-32(16-26(22)12-13-26)25(33)30-21-10-6-5-9-19(21)18-7-3-2-4-8-18/h2-11,14,17,22H,12-13,15-16H2,1H3,(H,30,33)(H,27,28,29)/t22-/m0/s1. The SMILES string of the molecule is CN(c1ncnc2[nH]ccc12)[C@H]1CN(C(=O)Nc2ccccc2-c2ccccc2)CC12CC2. The number of benzene rings is 2. The van der Waals surface area contributed by atoms with Gasteiger partial charge in [0, 0.05) is 37.3 Å². The molecular weight excluding hydrogens is 412 g/mol. The second-order valence-corrected chi connectivity index (χ2v) is 9.15. The van der Waals surface area contributed by atoms with Crippen molar-refractivity contribution in [1.29, 1.82) is 0 Å². The van der Waals surface area contributed by atoms with Crippen LogP contribution in [0.4, 0.5) is 16.3 Å². The summed E-state index contributed by atoms with van der Waals surface area (Å²) in [4.78, 5) is 29.6. The Hall–Kier alpha value is -3.87. The predicted octanol–water partition coefficient (Wildman–Crippen LogP) is 4.76. The fourth-order valence-corrected chi connectivity index (χ4v) is 5.24. The molecule has 1 saturated heterocycles. The molecule has 2 fully saturated rings. The summed E-state index contributed by atoms with van der Waals surface area (Å²) >= 11 is 0. The van der Waals surface area contributed by atoms with Gasteiger partial charge >= 0.3 is 6.03 Å². The number of carbonyl (C=O) groups excluding carboxylic acids is 1. The molecule has 1 saturated carbocycles. The predicted molar refractivity (Wildman–Crippen MR) is 130 cm³/mol. The van der Waals surface area contributed by atoms with Gasteiger partial charge in [-0.05, 0) is 30.5 Å². The maximum absolute atomic E-state index is 13.4. The summed E-state index contributed by atoms with van der Waals surface area (Å²) in [5, 5.41) is 4.19. The van der Waals surface area contributed by atoms with E-state index in [0.717, 1.165) is 53.1 Å². The first-order chi connectivity index (χ1) is 16.1. The van der Waals surface area contributed by atoms with Crippen LogP contribution in [0.2, 0.25) is 0 Å². The summed E-state index contributed by atoms with van der Waals surface area (Å²) in [5.74, 6) is 0.911. The summed E-state index contributed by atoms with van der Waals surface area (Å²) in [7, 11) is 2.09. The highest BCUT2D eigenvalue weighted by molar-refractivity contribution is 5.95. The molecule has 7 heteroatoms. The Morgan fingerprint density at radius 3 is 2.70 bits per heavy atom. The highest BCUT2D eigenvalue weighted by Crippen LogP contribution is 2.55. The molecule has 0 unspecified atom stereocenters. The molecule has 4 aromatic rings. The van der Waals surface area contributed by atoms with Crippen molar-refractivity contribution < 1.29 is 4.79 Å². The number of aromatic amines is 1. The van der Waals surface area contributed by atoms with Gasteiger partial charge in [-0.25, -0.2) is 14.8 Å². The van der Waals surface area contributed by atoms with Gasteiger partial charge < -0.3 is 20.1 Å². The quantitative estimate of drug-likeness (QED) is 0.482. The lowest BCUT2D eigenvalue weighted by Gasteiger charge is -2.30. The van der Waals surface area contributed by atoms with Crippen molar-refractivity contribution in [2.45, 2.75) is 18.9 Å². The molecule has 2 aromatic heterocycles. The number of nitrogens with zero attached hydrogens (tertiary/aromatic N) is 4. The summed E-state index contributed by atoms with van der Waals surface area (Å²) in [5.41, 5.74) is 3.92. The molecule has 1 spiro atoms. The number of fused-ring (bicyclic) bond motifs is 1. The van der Waals surface area contributed by atoms with Crippen LogP contribution in [-0.4, -0.2) is 52.1 Å². The number of H-pyrrole nitrogens is 1. The van der Waals surface area contributed by atoms with E-state index in [2.05, 4.69) is 44.3 Å². The van der Waals surface area contributed by atoms with E-state index in [4.69, 9.17) is 0 Å². The second kappa shape index (κ2) is 7.62. The zero-order chi connectivity index (χ0) is 22.4. The number of aromatic nitrogens is 3. The monoisotopic (exact) mass is 438 g/mol. The van der Waals surface area contributed by atoms with Crippen LogP contribution in [0.25, 0.3) is 22.2 Å². The Bertz CT molecular complexity index is 1310. The lowest BCUT2D eigenvalue weighted by molar-refractivity contribution is 0.220. The first-order valence-electron chi connectivity index (χ1n) is 11.4. The van der Waals surface area contributed by atoms with Crippen molar-refractivity contribution in [2.75, 3.05) is 30.4 Å². The van der Waals surface area contributed by atoms with E-state index in [9.17, 15) is 4.79 Å². The van der Waals surface area contributed by atoms with E-state index in [0.29, 0.717) is 6.54 Å². The number of para-hydroxylation sites is 1. The van der Waals surface area contributed by atoms with Gasteiger partial charge in [-0.3, -0.25) is 0 Å². The van der Waals surface area contributed by atoms with Crippen molar-refractivity contribution in [3.05, 3.63) is 73.2 Å². The molecular formula is C26H26N6O. The zero-order valence-electron chi connectivity index (χ0n) is 18.5. The molecule has 2 aromatic carbocycles. The van der Waals surface area contributed by atoms with Crippen LogP contribution >= 0.6 is 0 Å². The minimum Gasteiger partial charge on any atom is -0.354 e. The molecule has 2 aliphatic rings. The molecule has 0 radical (unpaired) electrons. The Balaban J connectivity index is 1.24. The average Bonchev–Trinajstić information content (AvgIpc) is 3.28. The second-order valence-electron chi connectivity index (χ2n) is 9.15. The largest absolute Gasteiger partial charge is 0.354 e. The van der Waals surface area contributed by atoms with Crippen LogP contribution in [-0.2, 0) is 0 Å². The minimum absolute atomic E-state index is 0.0463. The van der Waals surface area contributed by atoms with Crippen LogP contribution in [0.15, 0.2) is 73.2 Å². The number of rotatable bonds is 4. The van der Waals surface area contributed by atoms with Crippen molar-refractivity contribution >= 4 is 28.6 Å². The third kappa shape index (κ3) is 3.40. The number of amides is 2. The highest BCUT2D eigenvalue weighted by Gasteiger charge is 2.57. The normalized spacial score (nSPS) is 18.6. The number of carbonyl (C=O) groups is 1. The number of likely N-dealkylation sites (tertiary alicyclic amines) is 1. The molecule has 2 N–H and O–H groups in total. The average molecular weight is 439 g/mol. The van der Waals surface area contributed by atoms with Crippen molar-refractivity contribution in [3.63, 3.8) is 0 Å². The smallest absolute Gasteiger partial charge is 0.321 e. The molecule has 33 heavy (non-hydrogen) atoms. The van der Waals surface area contributed by atoms with Crippen LogP contribution < -0.4 is 10.2 Å². The van der Waals surface area contributed by atoms with E-state index < -0.39 is 0 Å². The van der Waals surface area contributed by atoms with Crippen molar-refractivity contribution in [1.82, 2.24) is 19.9 Å². The summed E-state index contributed by atoms with van der Waals surface area (Å²) in [6.45, 7) is 1.44. The van der Waals surface area contributed by atoms with Crippen LogP contribution in [0.1, 0.15) is 12.8 Å². The molecule has 0 bridgehead atoms. The number of nitrogens with one attached hydrogen (secondary N) is 2. The van der Waals surface area contributed by atoms with Crippen LogP contribution in [0.5, 0.6) is 0 Å². The molecule has 1 atom stereocenters. The molecule has 1 aliphatic heterocycles. The Morgan fingerprint density at radius 2 is 1.88 bits per heavy atom. The number of urea groups is 1. The van der Waals surface area contributed by atoms with Gasteiger partial charge in [-0.1, -0.05) is 48.5 Å². The number of likely N-dealkylation sites (N-methyl/N-ethyl adjacent to an activating group) is 1. The fourth-order valence-electron chi connectivity index (χ4n) is 5.24. The van der Waals surface area contributed by atoms with Crippen LogP contribution in [0, 0.1) is 5.41 Å². The summed E-state index contributed by atoms with van der Waals surface area (Å²) in [6.07, 6.45) is 5.76. The molecule has 7 nitrogen and oxygen atoms in total. The summed E-state index contributed by atoms with van der Waals surface area (Å²) in [6, 6.07) is 20.3. The van der Waals surface area contributed by atoms with Crippen molar-refractivity contribution in [3.8, 4) is 11.1 Å². The van der Waals surface area contributed by atoms with Gasteiger partial charge in [0.05, 0.1) is 17.1 Å². The third-order valence-corrected chi connectivity index (χ3v) is 7.17. The maximum atomic E-state index is 13.4. The van der Waals surface area contributed by atoms with Gasteiger partial charge in [-0.15, -0.1) is 0 Å². The lowest BCUT2D eigenvalue weighted by Crippen LogP contribution is -2.40. The molecule has 2 amide bonds. The molecule has 3 heterocycles. The lowest BCUT2D eigenvalue weighted by atomic mass is 9.99. The number of anilines is 2. The molecule has 6 rings (SSSR count). The topological polar surface area (TPSA) is 77.2 Å². The van der Waals surface area contributed by atoms with E-state index in [1.165, 1.54) is 0 Å². The Labute approximate surface area is 192 Å². The highest BCUT2D eigenvalue weighted by atomic mass is 16.2. The fraction of sp³-hybridized carbons (Fsp3) is 0.269. The van der Waals surface area contributed by atoms with Gasteiger partial charge in [0.25, 0.3) is 0 Å². The van der Waals surface area contributed by atoms with E-state index in [-0.39, 0.29) is 17.5 Å². The number of hydrogen-bond acceptors (Lipinski definition) is 4. The van der Waals surface area contributed by atoms with Gasteiger partial charge in [-0.2, -0.15) is 0 Å². The molecule has 166 valence electrons. The minimum atomic E-state index is -0.0463.